The lowest BCUT2D eigenvalue weighted by Gasteiger charge is -2.07. The number of thiophene rings is 1. The van der Waals surface area contributed by atoms with Gasteiger partial charge in [0.2, 0.25) is 11.8 Å². The zero-order chi connectivity index (χ0) is 11.0. The van der Waals surface area contributed by atoms with E-state index in [-0.39, 0.29) is 0 Å². The van der Waals surface area contributed by atoms with Gasteiger partial charge in [-0.2, -0.15) is 4.98 Å². The van der Waals surface area contributed by atoms with E-state index in [0.29, 0.717) is 11.8 Å². The number of rotatable bonds is 4. The van der Waals surface area contributed by atoms with Crippen LogP contribution in [0.4, 0.5) is 5.95 Å². The molecule has 4 nitrogen and oxygen atoms in total. The van der Waals surface area contributed by atoms with Gasteiger partial charge in [0.25, 0.3) is 0 Å². The Morgan fingerprint density at radius 2 is 2.38 bits per heavy atom. The molecule has 1 aliphatic carbocycles. The van der Waals surface area contributed by atoms with Gasteiger partial charge in [-0.3, -0.25) is 0 Å². The monoisotopic (exact) mass is 235 g/mol. The SMILES string of the molecule is CNc1nc(OCC2CC2)c2ccsc2n1. The predicted octanol–water partition coefficient (Wildman–Crippen LogP) is 2.52. The van der Waals surface area contributed by atoms with Gasteiger partial charge in [0.1, 0.15) is 4.83 Å². The minimum absolute atomic E-state index is 0.626. The van der Waals surface area contributed by atoms with Crippen molar-refractivity contribution in [2.45, 2.75) is 12.8 Å². The molecule has 0 radical (unpaired) electrons. The molecular formula is C11H13N3OS. The van der Waals surface area contributed by atoms with Gasteiger partial charge < -0.3 is 10.1 Å². The zero-order valence-corrected chi connectivity index (χ0v) is 9.88. The molecule has 1 N–H and O–H groups in total. The van der Waals surface area contributed by atoms with E-state index in [4.69, 9.17) is 4.74 Å². The summed E-state index contributed by atoms with van der Waals surface area (Å²) < 4.78 is 5.76. The third kappa shape index (κ3) is 1.82. The Hall–Kier alpha value is -1.36. The number of fused-ring (bicyclic) bond motifs is 1. The first-order chi connectivity index (χ1) is 7.86. The van der Waals surface area contributed by atoms with Crippen LogP contribution >= 0.6 is 11.3 Å². The number of hydrogen-bond donors (Lipinski definition) is 1. The molecule has 1 saturated carbocycles. The van der Waals surface area contributed by atoms with Crippen LogP contribution in [0.3, 0.4) is 0 Å². The Morgan fingerprint density at radius 1 is 1.50 bits per heavy atom. The number of anilines is 1. The maximum Gasteiger partial charge on any atom is 0.227 e. The van der Waals surface area contributed by atoms with Crippen LogP contribution < -0.4 is 10.1 Å². The Bertz CT molecular complexity index is 507. The predicted molar refractivity (Wildman–Crippen MR) is 65.2 cm³/mol. The average molecular weight is 235 g/mol. The van der Waals surface area contributed by atoms with Crippen LogP contribution in [0.5, 0.6) is 5.88 Å². The Balaban J connectivity index is 1.94. The molecule has 2 aromatic rings. The van der Waals surface area contributed by atoms with Crippen LogP contribution in [0.2, 0.25) is 0 Å². The molecule has 0 saturated heterocycles. The minimum Gasteiger partial charge on any atom is -0.477 e. The lowest BCUT2D eigenvalue weighted by atomic mass is 10.4. The van der Waals surface area contributed by atoms with E-state index in [0.717, 1.165) is 22.7 Å². The van der Waals surface area contributed by atoms with E-state index < -0.39 is 0 Å². The van der Waals surface area contributed by atoms with Crippen molar-refractivity contribution in [3.8, 4) is 5.88 Å². The Labute approximate surface area is 97.7 Å². The minimum atomic E-state index is 0.626. The maximum absolute atomic E-state index is 5.76. The second kappa shape index (κ2) is 3.90. The third-order valence-corrected chi connectivity index (χ3v) is 3.47. The number of nitrogens with zero attached hydrogens (tertiary/aromatic N) is 2. The molecule has 16 heavy (non-hydrogen) atoms. The van der Waals surface area contributed by atoms with Crippen molar-refractivity contribution in [3.05, 3.63) is 11.4 Å². The summed E-state index contributed by atoms with van der Waals surface area (Å²) >= 11 is 1.61. The summed E-state index contributed by atoms with van der Waals surface area (Å²) in [6.45, 7) is 0.783. The van der Waals surface area contributed by atoms with Crippen LogP contribution in [0.15, 0.2) is 11.4 Å². The van der Waals surface area contributed by atoms with Crippen molar-refractivity contribution in [2.24, 2.45) is 5.92 Å². The second-order valence-corrected chi connectivity index (χ2v) is 4.89. The van der Waals surface area contributed by atoms with Gasteiger partial charge in [0.05, 0.1) is 12.0 Å². The maximum atomic E-state index is 5.76. The highest BCUT2D eigenvalue weighted by atomic mass is 32.1. The lowest BCUT2D eigenvalue weighted by Crippen LogP contribution is -2.04. The van der Waals surface area contributed by atoms with Crippen molar-refractivity contribution in [1.29, 1.82) is 0 Å². The first-order valence-electron chi connectivity index (χ1n) is 5.42. The van der Waals surface area contributed by atoms with Gasteiger partial charge in [-0.1, -0.05) is 0 Å². The largest absolute Gasteiger partial charge is 0.477 e. The molecule has 0 unspecified atom stereocenters. The van der Waals surface area contributed by atoms with Gasteiger partial charge in [-0.05, 0) is 30.2 Å². The summed E-state index contributed by atoms with van der Waals surface area (Å²) in [6.07, 6.45) is 2.58. The fourth-order valence-corrected chi connectivity index (χ4v) is 2.29. The van der Waals surface area contributed by atoms with Gasteiger partial charge >= 0.3 is 0 Å². The average Bonchev–Trinajstić information content (AvgIpc) is 3.02. The summed E-state index contributed by atoms with van der Waals surface area (Å²) in [5.74, 6) is 2.07. The number of nitrogens with one attached hydrogen (secondary N) is 1. The van der Waals surface area contributed by atoms with E-state index in [1.54, 1.807) is 11.3 Å². The first kappa shape index (κ1) is 9.84. The molecule has 0 atom stereocenters. The highest BCUT2D eigenvalue weighted by Crippen LogP contribution is 2.32. The second-order valence-electron chi connectivity index (χ2n) is 4.00. The van der Waals surface area contributed by atoms with Gasteiger partial charge in [-0.15, -0.1) is 11.3 Å². The van der Waals surface area contributed by atoms with Crippen LogP contribution in [0.1, 0.15) is 12.8 Å². The normalized spacial score (nSPS) is 15.3. The third-order valence-electron chi connectivity index (χ3n) is 2.67. The molecular weight excluding hydrogens is 222 g/mol. The van der Waals surface area contributed by atoms with Crippen molar-refractivity contribution < 1.29 is 4.74 Å². The smallest absolute Gasteiger partial charge is 0.227 e. The molecule has 0 aliphatic heterocycles. The van der Waals surface area contributed by atoms with Gasteiger partial charge in [0.15, 0.2) is 0 Å². The summed E-state index contributed by atoms with van der Waals surface area (Å²) in [5, 5.41) is 5.99. The molecule has 1 aliphatic rings. The summed E-state index contributed by atoms with van der Waals surface area (Å²) in [6, 6.07) is 2.02. The summed E-state index contributed by atoms with van der Waals surface area (Å²) in [7, 11) is 1.82. The van der Waals surface area contributed by atoms with Crippen LogP contribution in [-0.2, 0) is 0 Å². The van der Waals surface area contributed by atoms with Gasteiger partial charge in [0, 0.05) is 7.05 Å². The molecule has 0 aromatic carbocycles. The molecule has 2 aromatic heterocycles. The Kier molecular flexibility index (Phi) is 2.40. The quantitative estimate of drug-likeness (QED) is 0.884. The van der Waals surface area contributed by atoms with Crippen molar-refractivity contribution >= 4 is 27.5 Å². The summed E-state index contributed by atoms with van der Waals surface area (Å²) in [5.41, 5.74) is 0. The highest BCUT2D eigenvalue weighted by molar-refractivity contribution is 7.16. The molecule has 5 heteroatoms. The fraction of sp³-hybridized carbons (Fsp3) is 0.455. The number of ether oxygens (including phenoxy) is 1. The number of hydrogen-bond acceptors (Lipinski definition) is 5. The molecule has 1 fully saturated rings. The topological polar surface area (TPSA) is 47.0 Å². The van der Waals surface area contributed by atoms with Crippen LogP contribution in [0.25, 0.3) is 10.2 Å². The van der Waals surface area contributed by atoms with E-state index in [1.807, 2.05) is 18.5 Å². The van der Waals surface area contributed by atoms with E-state index >= 15 is 0 Å². The zero-order valence-electron chi connectivity index (χ0n) is 9.06. The standard InChI is InChI=1S/C11H13N3OS/c1-12-11-13-9(15-6-7-2-3-7)8-4-5-16-10(8)14-11/h4-5,7H,2-3,6H2,1H3,(H,12,13,14). The van der Waals surface area contributed by atoms with Crippen molar-refractivity contribution in [1.82, 2.24) is 9.97 Å². The van der Waals surface area contributed by atoms with E-state index in [2.05, 4.69) is 15.3 Å². The fourth-order valence-electron chi connectivity index (χ4n) is 1.53. The van der Waals surface area contributed by atoms with Gasteiger partial charge in [-0.25, -0.2) is 4.98 Å². The first-order valence-corrected chi connectivity index (χ1v) is 6.30. The molecule has 0 amide bonds. The Morgan fingerprint density at radius 3 is 3.12 bits per heavy atom. The van der Waals surface area contributed by atoms with E-state index in [1.165, 1.54) is 12.8 Å². The lowest BCUT2D eigenvalue weighted by molar-refractivity contribution is 0.292. The molecule has 3 rings (SSSR count). The van der Waals surface area contributed by atoms with Crippen molar-refractivity contribution in [3.63, 3.8) is 0 Å². The molecule has 0 bridgehead atoms. The molecule has 84 valence electrons. The molecule has 0 spiro atoms. The highest BCUT2D eigenvalue weighted by Gasteiger charge is 2.22. The van der Waals surface area contributed by atoms with E-state index in [9.17, 15) is 0 Å². The van der Waals surface area contributed by atoms with Crippen LogP contribution in [0, 0.1) is 5.92 Å². The van der Waals surface area contributed by atoms with Crippen LogP contribution in [-0.4, -0.2) is 23.6 Å². The summed E-state index contributed by atoms with van der Waals surface area (Å²) in [4.78, 5) is 9.70. The molecule has 2 heterocycles. The van der Waals surface area contributed by atoms with Crippen molar-refractivity contribution in [2.75, 3.05) is 19.0 Å². The number of aromatic nitrogens is 2.